The Labute approximate surface area is 189 Å². The third-order valence-electron chi connectivity index (χ3n) is 4.95. The van der Waals surface area contributed by atoms with E-state index < -0.39 is 10.8 Å². The number of nitro groups is 1. The SMILES string of the molecule is O=C(/C=C/c1ccc(-c2ccc(Cl)cc2)o1)Nc1ccc(N2CCOCC2)c([N+](=O)[O-])c1. The van der Waals surface area contributed by atoms with Crippen LogP contribution < -0.4 is 10.2 Å². The van der Waals surface area contributed by atoms with Crippen molar-refractivity contribution in [2.24, 2.45) is 0 Å². The first kappa shape index (κ1) is 21.6. The van der Waals surface area contributed by atoms with Crippen molar-refractivity contribution in [2.45, 2.75) is 0 Å². The summed E-state index contributed by atoms with van der Waals surface area (Å²) in [5.74, 6) is 0.720. The number of hydrogen-bond donors (Lipinski definition) is 1. The molecular formula is C23H20ClN3O5. The molecule has 1 aliphatic heterocycles. The minimum absolute atomic E-state index is 0.0627. The number of nitrogens with zero attached hydrogens (tertiary/aromatic N) is 2. The van der Waals surface area contributed by atoms with Crippen molar-refractivity contribution in [1.82, 2.24) is 0 Å². The third kappa shape index (κ3) is 5.16. The van der Waals surface area contributed by atoms with E-state index >= 15 is 0 Å². The summed E-state index contributed by atoms with van der Waals surface area (Å²) >= 11 is 5.90. The average molecular weight is 454 g/mol. The summed E-state index contributed by atoms with van der Waals surface area (Å²) in [5.41, 5.74) is 1.65. The number of nitrogens with one attached hydrogen (secondary N) is 1. The molecule has 1 aromatic heterocycles. The van der Waals surface area contributed by atoms with E-state index in [1.54, 1.807) is 36.4 Å². The summed E-state index contributed by atoms with van der Waals surface area (Å²) < 4.78 is 11.0. The van der Waals surface area contributed by atoms with Gasteiger partial charge in [0.2, 0.25) is 5.91 Å². The van der Waals surface area contributed by atoms with E-state index in [-0.39, 0.29) is 5.69 Å². The molecule has 0 bridgehead atoms. The molecule has 1 aliphatic rings. The van der Waals surface area contributed by atoms with Crippen molar-refractivity contribution >= 4 is 40.6 Å². The van der Waals surface area contributed by atoms with Gasteiger partial charge in [0.1, 0.15) is 17.2 Å². The number of halogens is 1. The van der Waals surface area contributed by atoms with Gasteiger partial charge in [-0.1, -0.05) is 11.6 Å². The van der Waals surface area contributed by atoms with Crippen LogP contribution in [0.25, 0.3) is 17.4 Å². The Hall–Kier alpha value is -3.62. The summed E-state index contributed by atoms with van der Waals surface area (Å²) in [6.45, 7) is 2.20. The van der Waals surface area contributed by atoms with Gasteiger partial charge in [0.15, 0.2) is 0 Å². The molecule has 1 N–H and O–H groups in total. The Morgan fingerprint density at radius 1 is 1.09 bits per heavy atom. The predicted molar refractivity (Wildman–Crippen MR) is 123 cm³/mol. The lowest BCUT2D eigenvalue weighted by molar-refractivity contribution is -0.384. The molecule has 8 nitrogen and oxygen atoms in total. The topological polar surface area (TPSA) is 97.9 Å². The van der Waals surface area contributed by atoms with Gasteiger partial charge >= 0.3 is 0 Å². The Morgan fingerprint density at radius 3 is 2.56 bits per heavy atom. The van der Waals surface area contributed by atoms with Crippen LogP contribution in [0.5, 0.6) is 0 Å². The first-order chi connectivity index (χ1) is 15.5. The van der Waals surface area contributed by atoms with Gasteiger partial charge in [-0.15, -0.1) is 0 Å². The predicted octanol–water partition coefficient (Wildman–Crippen LogP) is 5.00. The maximum atomic E-state index is 12.3. The Bertz CT molecular complexity index is 1150. The lowest BCUT2D eigenvalue weighted by Gasteiger charge is -2.28. The normalized spacial score (nSPS) is 14.0. The zero-order valence-electron chi connectivity index (χ0n) is 17.0. The fourth-order valence-corrected chi connectivity index (χ4v) is 3.50. The van der Waals surface area contributed by atoms with Gasteiger partial charge in [0.25, 0.3) is 5.69 Å². The smallest absolute Gasteiger partial charge is 0.294 e. The summed E-state index contributed by atoms with van der Waals surface area (Å²) in [7, 11) is 0. The number of anilines is 2. The second kappa shape index (κ2) is 9.67. The molecule has 2 aromatic carbocycles. The van der Waals surface area contributed by atoms with E-state index in [0.29, 0.717) is 54.2 Å². The van der Waals surface area contributed by atoms with Gasteiger partial charge in [0.05, 0.1) is 18.1 Å². The highest BCUT2D eigenvalue weighted by molar-refractivity contribution is 6.30. The van der Waals surface area contributed by atoms with Crippen molar-refractivity contribution in [3.8, 4) is 11.3 Å². The van der Waals surface area contributed by atoms with Crippen molar-refractivity contribution in [3.63, 3.8) is 0 Å². The van der Waals surface area contributed by atoms with E-state index in [0.717, 1.165) is 5.56 Å². The number of carbonyl (C=O) groups excluding carboxylic acids is 1. The van der Waals surface area contributed by atoms with Crippen LogP contribution in [0.15, 0.2) is 65.1 Å². The number of hydrogen-bond acceptors (Lipinski definition) is 6. The zero-order chi connectivity index (χ0) is 22.5. The highest BCUT2D eigenvalue weighted by Gasteiger charge is 2.22. The molecule has 0 aliphatic carbocycles. The van der Waals surface area contributed by atoms with E-state index in [1.807, 2.05) is 17.0 Å². The number of rotatable bonds is 6. The van der Waals surface area contributed by atoms with Crippen LogP contribution >= 0.6 is 11.6 Å². The highest BCUT2D eigenvalue weighted by Crippen LogP contribution is 2.31. The monoisotopic (exact) mass is 453 g/mol. The second-order valence-electron chi connectivity index (χ2n) is 7.09. The van der Waals surface area contributed by atoms with Gasteiger partial charge < -0.3 is 19.4 Å². The number of carbonyl (C=O) groups is 1. The van der Waals surface area contributed by atoms with Gasteiger partial charge in [-0.3, -0.25) is 14.9 Å². The first-order valence-corrected chi connectivity index (χ1v) is 10.3. The van der Waals surface area contributed by atoms with Crippen molar-refractivity contribution < 1.29 is 18.9 Å². The summed E-state index contributed by atoms with van der Waals surface area (Å²) in [6.07, 6.45) is 2.84. The molecule has 32 heavy (non-hydrogen) atoms. The van der Waals surface area contributed by atoms with Gasteiger partial charge in [-0.05, 0) is 54.6 Å². The molecule has 0 spiro atoms. The van der Waals surface area contributed by atoms with Crippen LogP contribution in [-0.2, 0) is 9.53 Å². The molecule has 164 valence electrons. The third-order valence-corrected chi connectivity index (χ3v) is 5.20. The molecule has 4 rings (SSSR count). The molecule has 3 aromatic rings. The van der Waals surface area contributed by atoms with Crippen LogP contribution in [0.3, 0.4) is 0 Å². The molecule has 9 heteroatoms. The summed E-state index contributed by atoms with van der Waals surface area (Å²) in [4.78, 5) is 25.3. The molecule has 0 atom stereocenters. The Morgan fingerprint density at radius 2 is 1.84 bits per heavy atom. The second-order valence-corrected chi connectivity index (χ2v) is 7.53. The van der Waals surface area contributed by atoms with Gasteiger partial charge in [-0.25, -0.2) is 0 Å². The molecule has 1 saturated heterocycles. The van der Waals surface area contributed by atoms with Gasteiger partial charge in [-0.2, -0.15) is 0 Å². The number of benzene rings is 2. The molecule has 0 saturated carbocycles. The molecular weight excluding hydrogens is 434 g/mol. The van der Waals surface area contributed by atoms with Crippen LogP contribution in [0, 0.1) is 10.1 Å². The fourth-order valence-electron chi connectivity index (χ4n) is 3.37. The van der Waals surface area contributed by atoms with Gasteiger partial charge in [0, 0.05) is 41.5 Å². The molecule has 2 heterocycles. The number of nitro benzene ring substituents is 1. The van der Waals surface area contributed by atoms with E-state index in [1.165, 1.54) is 18.2 Å². The van der Waals surface area contributed by atoms with Crippen LogP contribution in [0.2, 0.25) is 5.02 Å². The molecule has 1 fully saturated rings. The van der Waals surface area contributed by atoms with E-state index in [4.69, 9.17) is 20.8 Å². The number of furan rings is 1. The number of amides is 1. The Kier molecular flexibility index (Phi) is 6.53. The van der Waals surface area contributed by atoms with E-state index in [9.17, 15) is 14.9 Å². The summed E-state index contributed by atoms with van der Waals surface area (Å²) in [5, 5.41) is 14.8. The van der Waals surface area contributed by atoms with Crippen LogP contribution in [-0.4, -0.2) is 37.1 Å². The maximum absolute atomic E-state index is 12.3. The maximum Gasteiger partial charge on any atom is 0.294 e. The minimum atomic E-state index is -0.447. The van der Waals surface area contributed by atoms with Crippen molar-refractivity contribution in [1.29, 1.82) is 0 Å². The first-order valence-electron chi connectivity index (χ1n) is 9.95. The minimum Gasteiger partial charge on any atom is -0.457 e. The lowest BCUT2D eigenvalue weighted by Crippen LogP contribution is -2.36. The lowest BCUT2D eigenvalue weighted by atomic mass is 10.2. The Balaban J connectivity index is 1.43. The molecule has 0 radical (unpaired) electrons. The van der Waals surface area contributed by atoms with Crippen molar-refractivity contribution in [2.75, 3.05) is 36.5 Å². The summed E-state index contributed by atoms with van der Waals surface area (Å²) in [6, 6.07) is 15.4. The number of ether oxygens (including phenoxy) is 1. The van der Waals surface area contributed by atoms with Crippen LogP contribution in [0.4, 0.5) is 17.1 Å². The number of morpholine rings is 1. The molecule has 1 amide bonds. The average Bonchev–Trinajstić information content (AvgIpc) is 3.28. The van der Waals surface area contributed by atoms with Crippen LogP contribution in [0.1, 0.15) is 5.76 Å². The van der Waals surface area contributed by atoms with E-state index in [2.05, 4.69) is 5.32 Å². The molecule has 0 unspecified atom stereocenters. The van der Waals surface area contributed by atoms with Crippen molar-refractivity contribution in [3.05, 3.63) is 81.6 Å². The highest BCUT2D eigenvalue weighted by atomic mass is 35.5. The standard InChI is InChI=1S/C23H20ClN3O5/c24-17-3-1-16(2-4-17)22-9-6-19(32-22)7-10-23(28)25-18-5-8-20(21(15-18)27(29)30)26-11-13-31-14-12-26/h1-10,15H,11-14H2,(H,25,28)/b10-7+. The zero-order valence-corrected chi connectivity index (χ0v) is 17.7. The quantitative estimate of drug-likeness (QED) is 0.320. The fraction of sp³-hybridized carbons (Fsp3) is 0.174. The largest absolute Gasteiger partial charge is 0.457 e.